The molecule has 0 bridgehead atoms. The molecule has 1 fully saturated rings. The van der Waals surface area contributed by atoms with Crippen LogP contribution in [0.15, 0.2) is 40.3 Å². The molecule has 0 saturated carbocycles. The predicted molar refractivity (Wildman–Crippen MR) is 120 cm³/mol. The van der Waals surface area contributed by atoms with Gasteiger partial charge in [0.15, 0.2) is 0 Å². The van der Waals surface area contributed by atoms with E-state index in [0.717, 1.165) is 10.4 Å². The summed E-state index contributed by atoms with van der Waals surface area (Å²) >= 11 is 1.45. The molecule has 1 saturated heterocycles. The van der Waals surface area contributed by atoms with Crippen LogP contribution >= 0.6 is 11.3 Å². The van der Waals surface area contributed by atoms with E-state index in [1.165, 1.54) is 38.7 Å². The molecule has 11 heteroatoms. The molecule has 3 aromatic rings. The second-order valence-corrected chi connectivity index (χ2v) is 10.6. The molecule has 1 aliphatic rings. The van der Waals surface area contributed by atoms with Gasteiger partial charge < -0.3 is 4.90 Å². The number of benzene rings is 1. The van der Waals surface area contributed by atoms with Crippen molar-refractivity contribution in [2.45, 2.75) is 25.3 Å². The smallest absolute Gasteiger partial charge is 0.262 e. The van der Waals surface area contributed by atoms with Gasteiger partial charge in [-0.25, -0.2) is 13.4 Å². The largest absolute Gasteiger partial charge is 0.338 e. The van der Waals surface area contributed by atoms with Crippen molar-refractivity contribution in [3.05, 3.63) is 57.0 Å². The topological polar surface area (TPSA) is 116 Å². The fraction of sp³-hybridized carbons (Fsp3) is 0.333. The van der Waals surface area contributed by atoms with E-state index in [0.29, 0.717) is 10.2 Å². The Hall–Kier alpha value is -3.07. The fourth-order valence-corrected chi connectivity index (χ4v) is 6.28. The summed E-state index contributed by atoms with van der Waals surface area (Å²) in [5, 5.41) is 9.76. The molecule has 166 valence electrons. The van der Waals surface area contributed by atoms with Crippen molar-refractivity contribution in [2.75, 3.05) is 26.2 Å². The van der Waals surface area contributed by atoms with Gasteiger partial charge in [0.1, 0.15) is 17.4 Å². The van der Waals surface area contributed by atoms with Crippen LogP contribution in [-0.2, 0) is 21.4 Å². The molecule has 0 N–H and O–H groups in total. The maximum Gasteiger partial charge on any atom is 0.262 e. The highest BCUT2D eigenvalue weighted by atomic mass is 32.2. The Labute approximate surface area is 189 Å². The first-order valence-corrected chi connectivity index (χ1v) is 12.2. The third-order valence-electron chi connectivity index (χ3n) is 5.68. The van der Waals surface area contributed by atoms with Crippen molar-refractivity contribution in [3.8, 4) is 6.07 Å². The number of amides is 1. The zero-order chi connectivity index (χ0) is 23.0. The van der Waals surface area contributed by atoms with Crippen LogP contribution in [0.5, 0.6) is 0 Å². The molecule has 1 amide bonds. The molecule has 4 rings (SSSR count). The molecule has 1 aliphatic heterocycles. The Balaban J connectivity index is 1.47. The highest BCUT2D eigenvalue weighted by Gasteiger charge is 2.31. The number of rotatable bonds is 4. The molecule has 0 radical (unpaired) electrons. The van der Waals surface area contributed by atoms with Gasteiger partial charge in [-0.15, -0.1) is 11.3 Å². The highest BCUT2D eigenvalue weighted by molar-refractivity contribution is 7.89. The third kappa shape index (κ3) is 3.81. The molecular formula is C21H21N5O4S2. The van der Waals surface area contributed by atoms with Crippen molar-refractivity contribution in [1.29, 1.82) is 5.26 Å². The first-order chi connectivity index (χ1) is 15.2. The second kappa shape index (κ2) is 8.46. The molecule has 2 aromatic heterocycles. The first kappa shape index (κ1) is 22.1. The molecule has 9 nitrogen and oxygen atoms in total. The van der Waals surface area contributed by atoms with Gasteiger partial charge in [0.2, 0.25) is 15.9 Å². The quantitative estimate of drug-likeness (QED) is 0.569. The average molecular weight is 472 g/mol. The summed E-state index contributed by atoms with van der Waals surface area (Å²) in [5.74, 6) is -0.271. The zero-order valence-corrected chi connectivity index (χ0v) is 19.2. The number of aryl methyl sites for hydroxylation is 2. The predicted octanol–water partition coefficient (Wildman–Crippen LogP) is 1.48. The fourth-order valence-electron chi connectivity index (χ4n) is 3.73. The van der Waals surface area contributed by atoms with Crippen molar-refractivity contribution in [2.24, 2.45) is 0 Å². The Morgan fingerprint density at radius 3 is 2.56 bits per heavy atom. The minimum atomic E-state index is -3.84. The Bertz CT molecular complexity index is 1410. The van der Waals surface area contributed by atoms with Crippen LogP contribution in [0.25, 0.3) is 10.2 Å². The number of nitriles is 1. The van der Waals surface area contributed by atoms with Gasteiger partial charge in [0.05, 0.1) is 22.2 Å². The van der Waals surface area contributed by atoms with Crippen LogP contribution in [-0.4, -0.2) is 59.3 Å². The second-order valence-electron chi connectivity index (χ2n) is 7.53. The minimum absolute atomic E-state index is 0.0327. The summed E-state index contributed by atoms with van der Waals surface area (Å²) in [6, 6.07) is 7.98. The maximum atomic E-state index is 13.0. The van der Waals surface area contributed by atoms with E-state index in [4.69, 9.17) is 0 Å². The van der Waals surface area contributed by atoms with Crippen LogP contribution in [0, 0.1) is 25.2 Å². The number of fused-ring (bicyclic) bond motifs is 1. The van der Waals surface area contributed by atoms with Crippen LogP contribution in [0.1, 0.15) is 16.0 Å². The van der Waals surface area contributed by atoms with E-state index in [1.807, 2.05) is 19.9 Å². The number of piperazine rings is 1. The van der Waals surface area contributed by atoms with Gasteiger partial charge in [0.25, 0.3) is 5.56 Å². The van der Waals surface area contributed by atoms with E-state index in [1.54, 1.807) is 17.0 Å². The lowest BCUT2D eigenvalue weighted by Crippen LogP contribution is -2.51. The van der Waals surface area contributed by atoms with E-state index in [2.05, 4.69) is 4.98 Å². The van der Waals surface area contributed by atoms with E-state index in [9.17, 15) is 23.3 Å². The van der Waals surface area contributed by atoms with Gasteiger partial charge in [-0.05, 0) is 31.5 Å². The molecule has 32 heavy (non-hydrogen) atoms. The summed E-state index contributed by atoms with van der Waals surface area (Å²) in [6.07, 6.45) is 1.39. The SMILES string of the molecule is Cc1sc2ncn(CC(=O)N3CCN(S(=O)(=O)c4ccccc4C#N)CC3)c(=O)c2c1C. The maximum absolute atomic E-state index is 13.0. The minimum Gasteiger partial charge on any atom is -0.338 e. The van der Waals surface area contributed by atoms with Crippen LogP contribution in [0.3, 0.4) is 0 Å². The van der Waals surface area contributed by atoms with Gasteiger partial charge >= 0.3 is 0 Å². The number of hydrogen-bond donors (Lipinski definition) is 0. The number of nitrogens with zero attached hydrogens (tertiary/aromatic N) is 5. The number of aromatic nitrogens is 2. The third-order valence-corrected chi connectivity index (χ3v) is 8.75. The first-order valence-electron chi connectivity index (χ1n) is 9.96. The van der Waals surface area contributed by atoms with E-state index >= 15 is 0 Å². The Morgan fingerprint density at radius 2 is 1.88 bits per heavy atom. The Morgan fingerprint density at radius 1 is 1.19 bits per heavy atom. The van der Waals surface area contributed by atoms with Gasteiger partial charge in [-0.2, -0.15) is 9.57 Å². The summed E-state index contributed by atoms with van der Waals surface area (Å²) in [6.45, 7) is 4.28. The number of carbonyl (C=O) groups is 1. The summed E-state index contributed by atoms with van der Waals surface area (Å²) in [4.78, 5) is 33.1. The Kier molecular flexibility index (Phi) is 5.85. The average Bonchev–Trinajstić information content (AvgIpc) is 3.09. The monoisotopic (exact) mass is 471 g/mol. The standard InChI is InChI=1S/C21H21N5O4S2/c1-14-15(2)31-20-19(14)21(28)25(13-23-20)12-18(27)24-7-9-26(10-8-24)32(29,30)17-6-4-3-5-16(17)11-22/h3-6,13H,7-10,12H2,1-2H3. The van der Waals surface area contributed by atoms with Crippen LogP contribution < -0.4 is 5.56 Å². The van der Waals surface area contributed by atoms with E-state index in [-0.39, 0.29) is 54.6 Å². The zero-order valence-electron chi connectivity index (χ0n) is 17.6. The molecule has 3 heterocycles. The van der Waals surface area contributed by atoms with Crippen LogP contribution in [0.2, 0.25) is 0 Å². The number of sulfonamides is 1. The number of thiophene rings is 1. The summed E-state index contributed by atoms with van der Waals surface area (Å²) in [7, 11) is -3.84. The van der Waals surface area contributed by atoms with E-state index < -0.39 is 10.0 Å². The van der Waals surface area contributed by atoms with Crippen molar-refractivity contribution in [1.82, 2.24) is 18.8 Å². The lowest BCUT2D eigenvalue weighted by molar-refractivity contribution is -0.133. The van der Waals surface area contributed by atoms with Crippen LogP contribution in [0.4, 0.5) is 0 Å². The molecule has 0 atom stereocenters. The van der Waals surface area contributed by atoms with Crippen molar-refractivity contribution in [3.63, 3.8) is 0 Å². The summed E-state index contributed by atoms with van der Waals surface area (Å²) in [5.41, 5.74) is 0.715. The highest BCUT2D eigenvalue weighted by Crippen LogP contribution is 2.25. The molecule has 0 aliphatic carbocycles. The summed E-state index contributed by atoms with van der Waals surface area (Å²) < 4.78 is 28.5. The van der Waals surface area contributed by atoms with Crippen molar-refractivity contribution < 1.29 is 13.2 Å². The number of carbonyl (C=O) groups excluding carboxylic acids is 1. The van der Waals surface area contributed by atoms with Gasteiger partial charge in [-0.1, -0.05) is 12.1 Å². The molecular weight excluding hydrogens is 450 g/mol. The molecule has 0 spiro atoms. The molecule has 0 unspecified atom stereocenters. The normalized spacial score (nSPS) is 15.1. The number of hydrogen-bond acceptors (Lipinski definition) is 7. The lowest BCUT2D eigenvalue weighted by Gasteiger charge is -2.34. The molecule has 1 aromatic carbocycles. The van der Waals surface area contributed by atoms with Crippen molar-refractivity contribution >= 4 is 37.5 Å². The van der Waals surface area contributed by atoms with Gasteiger partial charge in [-0.3, -0.25) is 14.2 Å². The lowest BCUT2D eigenvalue weighted by atomic mass is 10.2. The van der Waals surface area contributed by atoms with Gasteiger partial charge in [0, 0.05) is 31.1 Å².